The second-order valence-electron chi connectivity index (χ2n) is 2.69. The zero-order valence-electron chi connectivity index (χ0n) is 8.08. The summed E-state index contributed by atoms with van der Waals surface area (Å²) in [6, 6.07) is 20.7. The minimum atomic E-state index is -0.187. The van der Waals surface area contributed by atoms with E-state index >= 15 is 0 Å². The zero-order chi connectivity index (χ0) is 10.9. The van der Waals surface area contributed by atoms with Gasteiger partial charge in [-0.15, -0.1) is 0 Å². The lowest BCUT2D eigenvalue weighted by atomic mass is 10.3. The molecule has 75 valence electrons. The minimum Gasteiger partial charge on any atom is -0.241 e. The minimum absolute atomic E-state index is 0.187. The van der Waals surface area contributed by atoms with Gasteiger partial charge in [0.05, 0.1) is 4.91 Å². The van der Waals surface area contributed by atoms with Crippen molar-refractivity contribution in [2.24, 2.45) is 0 Å². The molecule has 0 spiro atoms. The Morgan fingerprint density at radius 3 is 1.60 bits per heavy atom. The van der Waals surface area contributed by atoms with Crippen LogP contribution in [0.5, 0.6) is 0 Å². The smallest absolute Gasteiger partial charge is 0.241 e. The van der Waals surface area contributed by atoms with Gasteiger partial charge in [-0.1, -0.05) is 36.4 Å². The predicted molar refractivity (Wildman–Crippen MR) is 56.8 cm³/mol. The maximum atomic E-state index is 10.1. The molecule has 1 N–H and O–H groups in total. The summed E-state index contributed by atoms with van der Waals surface area (Å²) in [6.45, 7) is 0. The Hall–Kier alpha value is -2.16. The number of rotatable bonds is 1. The second kappa shape index (κ2) is 6.32. The molecule has 0 fully saturated rings. The maximum absolute atomic E-state index is 10.1. The molecule has 2 aromatic rings. The van der Waals surface area contributed by atoms with E-state index in [1.165, 1.54) is 12.1 Å². The Kier molecular flexibility index (Phi) is 4.60. The standard InChI is InChI=1S/C6H5NO2.C6H6/c8-7(9)6-4-2-1-3-5-6;1-2-4-6-5-3-1/h2-5H,(H,8,9);1-6H/q+1;. The van der Waals surface area contributed by atoms with Crippen LogP contribution in [0.1, 0.15) is 0 Å². The Morgan fingerprint density at radius 2 is 1.33 bits per heavy atom. The van der Waals surface area contributed by atoms with Gasteiger partial charge < -0.3 is 0 Å². The number of hydrogen-bond acceptors (Lipinski definition) is 1. The molecule has 0 aromatic heterocycles. The number of nitrogens with zero attached hydrogens (tertiary/aromatic N) is 1. The van der Waals surface area contributed by atoms with E-state index in [-0.39, 0.29) is 10.6 Å². The summed E-state index contributed by atoms with van der Waals surface area (Å²) in [5.41, 5.74) is 0.216. The summed E-state index contributed by atoms with van der Waals surface area (Å²) in [7, 11) is 0. The summed E-state index contributed by atoms with van der Waals surface area (Å²) in [6.07, 6.45) is 0. The van der Waals surface area contributed by atoms with E-state index in [0.29, 0.717) is 0 Å². The summed E-state index contributed by atoms with van der Waals surface area (Å²) in [4.78, 5) is 9.92. The Labute approximate surface area is 88.1 Å². The van der Waals surface area contributed by atoms with Crippen molar-refractivity contribution in [2.45, 2.75) is 0 Å². The Morgan fingerprint density at radius 1 is 0.933 bits per heavy atom. The van der Waals surface area contributed by atoms with Crippen molar-refractivity contribution in [3.05, 3.63) is 71.6 Å². The normalized spacial score (nSPS) is 8.53. The van der Waals surface area contributed by atoms with Gasteiger partial charge in [-0.2, -0.15) is 0 Å². The van der Waals surface area contributed by atoms with Crippen LogP contribution in [0.3, 0.4) is 0 Å². The van der Waals surface area contributed by atoms with Crippen molar-refractivity contribution in [3.63, 3.8) is 0 Å². The zero-order valence-corrected chi connectivity index (χ0v) is 8.08. The van der Waals surface area contributed by atoms with Gasteiger partial charge in [0.1, 0.15) is 0 Å². The highest BCUT2D eigenvalue weighted by Gasteiger charge is 2.06. The lowest BCUT2D eigenvalue weighted by Gasteiger charge is -1.78. The van der Waals surface area contributed by atoms with Crippen LogP contribution in [0.15, 0.2) is 60.7 Å². The summed E-state index contributed by atoms with van der Waals surface area (Å²) in [5, 5.41) is 8.29. The van der Waals surface area contributed by atoms with Crippen LogP contribution in [0.2, 0.25) is 0 Å². The van der Waals surface area contributed by atoms with Crippen molar-refractivity contribution in [3.8, 4) is 0 Å². The van der Waals surface area contributed by atoms with Crippen molar-refractivity contribution in [2.75, 3.05) is 0 Å². The molecule has 0 saturated heterocycles. The molecular weight excluding hydrogens is 190 g/mol. The topological polar surface area (TPSA) is 40.3 Å². The van der Waals surface area contributed by atoms with Crippen LogP contribution < -0.4 is 0 Å². The lowest BCUT2D eigenvalue weighted by molar-refractivity contribution is -0.729. The van der Waals surface area contributed by atoms with Gasteiger partial charge >= 0.3 is 5.69 Å². The van der Waals surface area contributed by atoms with E-state index in [4.69, 9.17) is 5.21 Å². The van der Waals surface area contributed by atoms with E-state index in [2.05, 4.69) is 6.07 Å². The average Bonchev–Trinajstić information content (AvgIpc) is 2.33. The van der Waals surface area contributed by atoms with Gasteiger partial charge in [-0.05, 0) is 18.2 Å². The van der Waals surface area contributed by atoms with E-state index in [0.717, 1.165) is 0 Å². The molecule has 15 heavy (non-hydrogen) atoms. The molecule has 0 aliphatic carbocycles. The van der Waals surface area contributed by atoms with Crippen molar-refractivity contribution < 1.29 is 10.1 Å². The highest BCUT2D eigenvalue weighted by atomic mass is 16.6. The third kappa shape index (κ3) is 4.57. The van der Waals surface area contributed by atoms with E-state index in [1.54, 1.807) is 12.1 Å². The molecule has 1 radical (unpaired) electrons. The molecular formula is C12H11NO2+. The Balaban J connectivity index is 0.000000162. The molecule has 0 aliphatic rings. The van der Waals surface area contributed by atoms with E-state index in [1.807, 2.05) is 36.4 Å². The van der Waals surface area contributed by atoms with Crippen LogP contribution in [0, 0.1) is 11.0 Å². The molecule has 3 heteroatoms. The third-order valence-corrected chi connectivity index (χ3v) is 1.59. The predicted octanol–water partition coefficient (Wildman–Crippen LogP) is 2.97. The summed E-state index contributed by atoms with van der Waals surface area (Å²) < 4.78 is 0. The number of hydrogen-bond donors (Lipinski definition) is 1. The fraction of sp³-hybridized carbons (Fsp3) is 0. The van der Waals surface area contributed by atoms with Crippen LogP contribution in [-0.4, -0.2) is 10.1 Å². The SMILES string of the molecule is O=[N+](O)c1cc[c]cc1.c1ccccc1. The number of benzene rings is 2. The largest absolute Gasteiger partial charge is 0.316 e. The van der Waals surface area contributed by atoms with E-state index < -0.39 is 0 Å². The first kappa shape index (κ1) is 10.9. The van der Waals surface area contributed by atoms with Crippen LogP contribution in [0.4, 0.5) is 5.69 Å². The molecule has 3 nitrogen and oxygen atoms in total. The van der Waals surface area contributed by atoms with Gasteiger partial charge in [0.2, 0.25) is 0 Å². The van der Waals surface area contributed by atoms with Crippen LogP contribution >= 0.6 is 0 Å². The van der Waals surface area contributed by atoms with Gasteiger partial charge in [0, 0.05) is 12.1 Å². The van der Waals surface area contributed by atoms with Gasteiger partial charge in [-0.3, -0.25) is 0 Å². The molecule has 0 amide bonds. The monoisotopic (exact) mass is 201 g/mol. The second-order valence-corrected chi connectivity index (χ2v) is 2.69. The van der Waals surface area contributed by atoms with Gasteiger partial charge in [-0.25, -0.2) is 5.21 Å². The summed E-state index contributed by atoms with van der Waals surface area (Å²) >= 11 is 0. The van der Waals surface area contributed by atoms with Crippen molar-refractivity contribution >= 4 is 5.69 Å². The average molecular weight is 201 g/mol. The molecule has 0 aliphatic heterocycles. The van der Waals surface area contributed by atoms with E-state index in [9.17, 15) is 4.91 Å². The molecule has 2 aromatic carbocycles. The molecule has 0 unspecified atom stereocenters. The fourth-order valence-corrected chi connectivity index (χ4v) is 0.891. The van der Waals surface area contributed by atoms with Gasteiger partial charge in [0.15, 0.2) is 0 Å². The first-order valence-corrected chi connectivity index (χ1v) is 4.43. The lowest BCUT2D eigenvalue weighted by Crippen LogP contribution is -1.89. The first-order valence-electron chi connectivity index (χ1n) is 4.43. The fourth-order valence-electron chi connectivity index (χ4n) is 0.891. The highest BCUT2D eigenvalue weighted by molar-refractivity contribution is 5.26. The molecule has 2 rings (SSSR count). The third-order valence-electron chi connectivity index (χ3n) is 1.59. The summed E-state index contributed by atoms with van der Waals surface area (Å²) in [5.74, 6) is 0. The van der Waals surface area contributed by atoms with Gasteiger partial charge in [0.25, 0.3) is 4.92 Å². The van der Waals surface area contributed by atoms with Crippen LogP contribution in [-0.2, 0) is 0 Å². The molecule has 0 atom stereocenters. The molecule has 0 heterocycles. The maximum Gasteiger partial charge on any atom is 0.316 e. The molecule has 0 bridgehead atoms. The van der Waals surface area contributed by atoms with Crippen LogP contribution in [0.25, 0.3) is 0 Å². The quantitative estimate of drug-likeness (QED) is 0.720. The first-order chi connectivity index (χ1) is 7.30. The Bertz CT molecular complexity index is 360. The van der Waals surface area contributed by atoms with Crippen molar-refractivity contribution in [1.29, 1.82) is 0 Å². The molecule has 0 saturated carbocycles. The van der Waals surface area contributed by atoms with Crippen molar-refractivity contribution in [1.82, 2.24) is 0 Å². The highest BCUT2D eigenvalue weighted by Crippen LogP contribution is 2.05.